The molecule has 8 heteroatoms. The second kappa shape index (κ2) is 11.4. The van der Waals surface area contributed by atoms with Gasteiger partial charge in [0.1, 0.15) is 5.82 Å². The van der Waals surface area contributed by atoms with Crippen molar-refractivity contribution in [3.05, 3.63) is 111 Å². The highest BCUT2D eigenvalue weighted by atomic mass is 79.9. The first kappa shape index (κ1) is 26.7. The average molecular weight is 603 g/mol. The zero-order chi connectivity index (χ0) is 27.5. The molecule has 1 amide bonds. The van der Waals surface area contributed by atoms with Gasteiger partial charge in [-0.25, -0.2) is 9.78 Å². The molecule has 0 aliphatic heterocycles. The topological polar surface area (TPSA) is 95.1 Å². The largest absolute Gasteiger partial charge is 0.478 e. The number of carbonyl (C=O) groups is 2. The van der Waals surface area contributed by atoms with Crippen LogP contribution < -0.4 is 5.32 Å². The number of aromatic carboxylic acids is 1. The minimum absolute atomic E-state index is 0.00299. The van der Waals surface area contributed by atoms with Crippen LogP contribution in [0.1, 0.15) is 52.1 Å². The van der Waals surface area contributed by atoms with E-state index in [4.69, 9.17) is 16.6 Å². The van der Waals surface area contributed by atoms with Crippen LogP contribution in [0.2, 0.25) is 5.02 Å². The number of carboxylic acids is 1. The molecule has 196 valence electrons. The number of benzene rings is 4. The lowest BCUT2D eigenvalue weighted by Gasteiger charge is -2.19. The van der Waals surface area contributed by atoms with Gasteiger partial charge in [0.25, 0.3) is 5.91 Å². The summed E-state index contributed by atoms with van der Waals surface area (Å²) in [7, 11) is 0. The van der Waals surface area contributed by atoms with Crippen molar-refractivity contribution in [1.82, 2.24) is 15.3 Å². The first-order valence-electron chi connectivity index (χ1n) is 12.5. The molecule has 0 spiro atoms. The molecule has 0 bridgehead atoms. The number of aromatic amines is 1. The molecule has 0 aliphatic rings. The molecule has 0 saturated carbocycles. The van der Waals surface area contributed by atoms with Gasteiger partial charge in [-0.3, -0.25) is 4.79 Å². The van der Waals surface area contributed by atoms with Crippen LogP contribution in [0, 0.1) is 0 Å². The normalized spacial score (nSPS) is 11.9. The number of aromatic nitrogens is 2. The number of carboxylic acid groups (broad SMARTS) is 1. The van der Waals surface area contributed by atoms with Crippen molar-refractivity contribution in [3.63, 3.8) is 0 Å². The van der Waals surface area contributed by atoms with Crippen LogP contribution >= 0.6 is 27.5 Å². The van der Waals surface area contributed by atoms with Crippen molar-refractivity contribution < 1.29 is 14.7 Å². The summed E-state index contributed by atoms with van der Waals surface area (Å²) in [4.78, 5) is 33.7. The molecule has 4 aromatic carbocycles. The molecule has 0 saturated heterocycles. The minimum Gasteiger partial charge on any atom is -0.478 e. The molecule has 0 radical (unpaired) electrons. The number of hydrogen-bond acceptors (Lipinski definition) is 3. The van der Waals surface area contributed by atoms with Crippen molar-refractivity contribution in [3.8, 4) is 22.5 Å². The SMILES string of the molecule is CCC[C@@H](NC(=O)c1ccc(-c2cc(Cl)ccc2-c2nc3cc(Br)ccc3[nH]2)c(C(=O)O)c1)c1ccccc1. The van der Waals surface area contributed by atoms with Gasteiger partial charge in [-0.15, -0.1) is 0 Å². The van der Waals surface area contributed by atoms with Crippen LogP contribution in [-0.2, 0) is 0 Å². The van der Waals surface area contributed by atoms with E-state index in [2.05, 4.69) is 33.2 Å². The molecule has 39 heavy (non-hydrogen) atoms. The second-order valence-electron chi connectivity index (χ2n) is 9.23. The van der Waals surface area contributed by atoms with E-state index in [-0.39, 0.29) is 23.1 Å². The summed E-state index contributed by atoms with van der Waals surface area (Å²) >= 11 is 9.83. The Labute approximate surface area is 239 Å². The fourth-order valence-corrected chi connectivity index (χ4v) is 5.21. The lowest BCUT2D eigenvalue weighted by atomic mass is 9.93. The molecule has 0 unspecified atom stereocenters. The predicted octanol–water partition coefficient (Wildman–Crippen LogP) is 8.28. The van der Waals surface area contributed by atoms with E-state index >= 15 is 0 Å². The number of amides is 1. The molecule has 1 heterocycles. The summed E-state index contributed by atoms with van der Waals surface area (Å²) in [5, 5.41) is 13.7. The van der Waals surface area contributed by atoms with E-state index in [1.54, 1.807) is 24.3 Å². The summed E-state index contributed by atoms with van der Waals surface area (Å²) in [5.74, 6) is -0.897. The van der Waals surface area contributed by atoms with Gasteiger partial charge >= 0.3 is 5.97 Å². The van der Waals surface area contributed by atoms with Gasteiger partial charge in [-0.1, -0.05) is 77.3 Å². The van der Waals surface area contributed by atoms with Crippen LogP contribution in [0.4, 0.5) is 0 Å². The van der Waals surface area contributed by atoms with Crippen LogP contribution in [0.3, 0.4) is 0 Å². The molecule has 5 aromatic rings. The third kappa shape index (κ3) is 5.75. The Bertz CT molecular complexity index is 1680. The Balaban J connectivity index is 1.54. The molecular formula is C31H25BrClN3O3. The molecule has 3 N–H and O–H groups in total. The van der Waals surface area contributed by atoms with Crippen LogP contribution in [-0.4, -0.2) is 27.0 Å². The quantitative estimate of drug-likeness (QED) is 0.167. The molecule has 6 nitrogen and oxygen atoms in total. The van der Waals surface area contributed by atoms with Gasteiger partial charge in [0.05, 0.1) is 22.6 Å². The highest BCUT2D eigenvalue weighted by Crippen LogP contribution is 2.36. The number of fused-ring (bicyclic) bond motifs is 1. The van der Waals surface area contributed by atoms with E-state index in [1.807, 2.05) is 54.6 Å². The predicted molar refractivity (Wildman–Crippen MR) is 158 cm³/mol. The van der Waals surface area contributed by atoms with E-state index in [0.29, 0.717) is 27.5 Å². The number of halogens is 2. The third-order valence-corrected chi connectivity index (χ3v) is 7.30. The summed E-state index contributed by atoms with van der Waals surface area (Å²) in [6, 6.07) is 25.3. The Morgan fingerprint density at radius 1 is 0.974 bits per heavy atom. The third-order valence-electron chi connectivity index (χ3n) is 6.57. The standard InChI is InChI=1S/C31H25BrClN3O3/c1-2-6-26(18-7-4-3-5-8-18)36-30(37)19-9-12-22(25(15-19)31(38)39)24-17-21(33)11-13-23(24)29-34-27-14-10-20(32)16-28(27)35-29/h3-5,7-17,26H,2,6H2,1H3,(H,34,35)(H,36,37)(H,38,39)/t26-/m1/s1. The lowest BCUT2D eigenvalue weighted by Crippen LogP contribution is -2.28. The zero-order valence-electron chi connectivity index (χ0n) is 21.0. The monoisotopic (exact) mass is 601 g/mol. The Morgan fingerprint density at radius 3 is 2.49 bits per heavy atom. The lowest BCUT2D eigenvalue weighted by molar-refractivity contribution is 0.0697. The van der Waals surface area contributed by atoms with Crippen LogP contribution in [0.5, 0.6) is 0 Å². The molecular weight excluding hydrogens is 578 g/mol. The minimum atomic E-state index is -1.15. The summed E-state index contributed by atoms with van der Waals surface area (Å²) in [6.45, 7) is 2.06. The Hall–Kier alpha value is -3.94. The van der Waals surface area contributed by atoms with Crippen molar-refractivity contribution in [2.75, 3.05) is 0 Å². The zero-order valence-corrected chi connectivity index (χ0v) is 23.4. The number of imidazole rings is 1. The summed E-state index contributed by atoms with van der Waals surface area (Å²) < 4.78 is 0.903. The maximum absolute atomic E-state index is 13.3. The van der Waals surface area contributed by atoms with E-state index in [0.717, 1.165) is 33.9 Å². The smallest absolute Gasteiger partial charge is 0.336 e. The van der Waals surface area contributed by atoms with Gasteiger partial charge < -0.3 is 15.4 Å². The average Bonchev–Trinajstić information content (AvgIpc) is 3.35. The fourth-order valence-electron chi connectivity index (χ4n) is 4.69. The van der Waals surface area contributed by atoms with E-state index in [9.17, 15) is 14.7 Å². The molecule has 0 fully saturated rings. The maximum Gasteiger partial charge on any atom is 0.336 e. The highest BCUT2D eigenvalue weighted by Gasteiger charge is 2.21. The number of H-pyrrole nitrogens is 1. The highest BCUT2D eigenvalue weighted by molar-refractivity contribution is 9.10. The first-order valence-corrected chi connectivity index (χ1v) is 13.7. The van der Waals surface area contributed by atoms with Gasteiger partial charge in [-0.2, -0.15) is 0 Å². The molecule has 0 aliphatic carbocycles. The second-order valence-corrected chi connectivity index (χ2v) is 10.6. The van der Waals surface area contributed by atoms with Gasteiger partial charge in [0, 0.05) is 20.6 Å². The number of hydrogen-bond donors (Lipinski definition) is 3. The van der Waals surface area contributed by atoms with Crippen molar-refractivity contribution in [2.45, 2.75) is 25.8 Å². The number of nitrogens with one attached hydrogen (secondary N) is 2. The van der Waals surface area contributed by atoms with Crippen molar-refractivity contribution in [2.24, 2.45) is 0 Å². The Kier molecular flexibility index (Phi) is 7.82. The fraction of sp³-hybridized carbons (Fsp3) is 0.129. The molecule has 1 aromatic heterocycles. The van der Waals surface area contributed by atoms with E-state index < -0.39 is 5.97 Å². The summed E-state index contributed by atoms with van der Waals surface area (Å²) in [6.07, 6.45) is 1.65. The van der Waals surface area contributed by atoms with Crippen LogP contribution in [0.15, 0.2) is 89.4 Å². The van der Waals surface area contributed by atoms with Crippen molar-refractivity contribution >= 4 is 50.4 Å². The number of nitrogens with zero attached hydrogens (tertiary/aromatic N) is 1. The van der Waals surface area contributed by atoms with Crippen molar-refractivity contribution in [1.29, 1.82) is 0 Å². The van der Waals surface area contributed by atoms with Gasteiger partial charge in [0.15, 0.2) is 0 Å². The van der Waals surface area contributed by atoms with E-state index in [1.165, 1.54) is 6.07 Å². The first-order chi connectivity index (χ1) is 18.8. The molecule has 5 rings (SSSR count). The van der Waals surface area contributed by atoms with Gasteiger partial charge in [-0.05, 0) is 71.6 Å². The number of carbonyl (C=O) groups excluding carboxylic acids is 1. The maximum atomic E-state index is 13.3. The molecule has 1 atom stereocenters. The summed E-state index contributed by atoms with van der Waals surface area (Å²) in [5.41, 5.74) is 4.61. The Morgan fingerprint density at radius 2 is 1.74 bits per heavy atom. The number of rotatable bonds is 8. The van der Waals surface area contributed by atoms with Gasteiger partial charge in [0.2, 0.25) is 0 Å². The van der Waals surface area contributed by atoms with Crippen LogP contribution in [0.25, 0.3) is 33.5 Å².